The van der Waals surface area contributed by atoms with E-state index in [-0.39, 0.29) is 27.5 Å². The Hall–Kier alpha value is -2.25. The Bertz CT molecular complexity index is 824. The van der Waals surface area contributed by atoms with Gasteiger partial charge in [0.25, 0.3) is 0 Å². The summed E-state index contributed by atoms with van der Waals surface area (Å²) in [5.41, 5.74) is 0.104. The highest BCUT2D eigenvalue weighted by atomic mass is 32.2. The first-order valence-corrected chi connectivity index (χ1v) is 7.01. The highest BCUT2D eigenvalue weighted by molar-refractivity contribution is 7.89. The molecule has 0 radical (unpaired) electrons. The van der Waals surface area contributed by atoms with Crippen LogP contribution < -0.4 is 4.74 Å². The third-order valence-electron chi connectivity index (χ3n) is 2.61. The van der Waals surface area contributed by atoms with Gasteiger partial charge in [0, 0.05) is 26.2 Å². The molecule has 0 aliphatic rings. The van der Waals surface area contributed by atoms with Gasteiger partial charge in [-0.3, -0.25) is 0 Å². The Balaban J connectivity index is 2.77. The molecule has 0 aliphatic carbocycles. The van der Waals surface area contributed by atoms with Crippen LogP contribution in [0.25, 0.3) is 11.0 Å². The van der Waals surface area contributed by atoms with Crippen LogP contribution in [0.4, 0.5) is 8.78 Å². The quantitative estimate of drug-likeness (QED) is 0.916. The summed E-state index contributed by atoms with van der Waals surface area (Å²) < 4.78 is 54.2. The van der Waals surface area contributed by atoms with Crippen LogP contribution in [0.15, 0.2) is 17.0 Å². The number of fused-ring (bicyclic) bond motifs is 1. The topological polar surface area (TPSA) is 99.1 Å². The fraction of sp³-hybridized carbons (Fsp3) is 0.273. The second kappa shape index (κ2) is 5.27. The summed E-state index contributed by atoms with van der Waals surface area (Å²) >= 11 is 0. The second-order valence-corrected chi connectivity index (χ2v) is 6.30. The van der Waals surface area contributed by atoms with Crippen LogP contribution in [-0.2, 0) is 10.0 Å². The van der Waals surface area contributed by atoms with E-state index in [0.29, 0.717) is 0 Å². The van der Waals surface area contributed by atoms with E-state index in [1.54, 1.807) is 6.07 Å². The monoisotopic (exact) mass is 316 g/mol. The molecule has 1 aromatic carbocycles. The van der Waals surface area contributed by atoms with Crippen molar-refractivity contribution in [2.24, 2.45) is 0 Å². The van der Waals surface area contributed by atoms with E-state index in [1.165, 1.54) is 14.1 Å². The Morgan fingerprint density at radius 3 is 2.62 bits per heavy atom. The molecule has 2 aromatic rings. The number of hydrogen-bond acceptors (Lipinski definition) is 5. The largest absolute Gasteiger partial charge is 0.435 e. The number of rotatable bonds is 4. The van der Waals surface area contributed by atoms with Gasteiger partial charge in [0.1, 0.15) is 22.2 Å². The number of sulfonamides is 1. The Morgan fingerprint density at radius 1 is 1.43 bits per heavy atom. The lowest BCUT2D eigenvalue weighted by atomic mass is 10.3. The molecule has 0 fully saturated rings. The molecule has 0 bridgehead atoms. The van der Waals surface area contributed by atoms with E-state index in [0.717, 1.165) is 16.4 Å². The van der Waals surface area contributed by atoms with Crippen molar-refractivity contribution in [2.75, 3.05) is 14.1 Å². The molecule has 0 saturated heterocycles. The van der Waals surface area contributed by atoms with Crippen molar-refractivity contribution in [3.8, 4) is 11.8 Å². The van der Waals surface area contributed by atoms with Crippen LogP contribution in [0, 0.1) is 11.3 Å². The van der Waals surface area contributed by atoms with Crippen molar-refractivity contribution < 1.29 is 21.9 Å². The molecule has 0 spiro atoms. The molecule has 1 heterocycles. The van der Waals surface area contributed by atoms with Gasteiger partial charge >= 0.3 is 6.61 Å². The summed E-state index contributed by atoms with van der Waals surface area (Å²) in [4.78, 5) is 6.04. The molecule has 0 saturated carbocycles. The molecule has 1 N–H and O–H groups in total. The van der Waals surface area contributed by atoms with Crippen molar-refractivity contribution in [1.29, 1.82) is 5.26 Å². The number of nitrogens with one attached hydrogen (secondary N) is 1. The van der Waals surface area contributed by atoms with Gasteiger partial charge in [-0.15, -0.1) is 0 Å². The van der Waals surface area contributed by atoms with Crippen molar-refractivity contribution in [3.63, 3.8) is 0 Å². The zero-order valence-corrected chi connectivity index (χ0v) is 11.8. The number of hydrogen-bond donors (Lipinski definition) is 1. The lowest BCUT2D eigenvalue weighted by molar-refractivity contribution is -0.0499. The number of benzene rings is 1. The number of halogens is 2. The number of alkyl halides is 2. The zero-order chi connectivity index (χ0) is 15.8. The van der Waals surface area contributed by atoms with Crippen LogP contribution in [0.3, 0.4) is 0 Å². The fourth-order valence-corrected chi connectivity index (χ4v) is 2.74. The predicted octanol–water partition coefficient (Wildman–Crippen LogP) is 1.29. The number of nitrogens with zero attached hydrogens (tertiary/aromatic N) is 3. The summed E-state index contributed by atoms with van der Waals surface area (Å²) in [5, 5.41) is 8.80. The number of nitriles is 1. The normalized spacial score (nSPS) is 12.0. The lowest BCUT2D eigenvalue weighted by Gasteiger charge is -2.13. The lowest BCUT2D eigenvalue weighted by Crippen LogP contribution is -2.22. The fourth-order valence-electron chi connectivity index (χ4n) is 1.68. The van der Waals surface area contributed by atoms with Crippen LogP contribution in [-0.4, -0.2) is 43.4 Å². The molecule has 10 heteroatoms. The van der Waals surface area contributed by atoms with E-state index < -0.39 is 16.6 Å². The van der Waals surface area contributed by atoms with Gasteiger partial charge in [-0.2, -0.15) is 14.0 Å². The number of H-pyrrole nitrogens is 1. The smallest absolute Gasteiger partial charge is 0.387 e. The average Bonchev–Trinajstić information content (AvgIpc) is 2.79. The predicted molar refractivity (Wildman–Crippen MR) is 68.3 cm³/mol. The summed E-state index contributed by atoms with van der Waals surface area (Å²) in [6.45, 7) is -3.10. The Morgan fingerprint density at radius 2 is 2.10 bits per heavy atom. The van der Waals surface area contributed by atoms with Gasteiger partial charge in [-0.25, -0.2) is 17.7 Å². The van der Waals surface area contributed by atoms with Gasteiger partial charge < -0.3 is 9.72 Å². The Kier molecular flexibility index (Phi) is 3.80. The van der Waals surface area contributed by atoms with Gasteiger partial charge in [0.2, 0.25) is 15.8 Å². The highest BCUT2D eigenvalue weighted by Gasteiger charge is 2.24. The van der Waals surface area contributed by atoms with Crippen LogP contribution in [0.5, 0.6) is 5.75 Å². The zero-order valence-electron chi connectivity index (χ0n) is 11.0. The van der Waals surface area contributed by atoms with Crippen molar-refractivity contribution in [1.82, 2.24) is 14.3 Å². The van der Waals surface area contributed by atoms with Crippen molar-refractivity contribution in [2.45, 2.75) is 11.5 Å². The molecule has 2 rings (SSSR count). The molecule has 112 valence electrons. The van der Waals surface area contributed by atoms with E-state index >= 15 is 0 Å². The summed E-state index contributed by atoms with van der Waals surface area (Å²) in [6.07, 6.45) is 0. The molecule has 0 aliphatic heterocycles. The van der Waals surface area contributed by atoms with Crippen LogP contribution >= 0.6 is 0 Å². The molecular weight excluding hydrogens is 306 g/mol. The van der Waals surface area contributed by atoms with Crippen LogP contribution in [0.1, 0.15) is 5.82 Å². The summed E-state index contributed by atoms with van der Waals surface area (Å²) in [7, 11) is -1.36. The van der Waals surface area contributed by atoms with Gasteiger partial charge in [0.15, 0.2) is 0 Å². The summed E-state index contributed by atoms with van der Waals surface area (Å²) in [5.74, 6) is -0.472. The number of aromatic amines is 1. The molecular formula is C11H10F2N4O3S. The molecule has 0 unspecified atom stereocenters. The minimum atomic E-state index is -3.94. The molecule has 1 aromatic heterocycles. The van der Waals surface area contributed by atoms with E-state index in [1.807, 2.05) is 0 Å². The first-order valence-electron chi connectivity index (χ1n) is 5.57. The minimum Gasteiger partial charge on any atom is -0.435 e. The van der Waals surface area contributed by atoms with Gasteiger partial charge in [-0.05, 0) is 0 Å². The van der Waals surface area contributed by atoms with Crippen molar-refractivity contribution >= 4 is 21.1 Å². The molecule has 21 heavy (non-hydrogen) atoms. The maximum absolute atomic E-state index is 12.3. The van der Waals surface area contributed by atoms with Gasteiger partial charge in [0.05, 0.1) is 5.52 Å². The summed E-state index contributed by atoms with van der Waals surface area (Å²) in [6, 6.07) is 3.83. The molecule has 0 amide bonds. The van der Waals surface area contributed by atoms with E-state index in [9.17, 15) is 17.2 Å². The van der Waals surface area contributed by atoms with E-state index in [4.69, 9.17) is 5.26 Å². The average molecular weight is 316 g/mol. The maximum Gasteiger partial charge on any atom is 0.387 e. The highest BCUT2D eigenvalue weighted by Crippen LogP contribution is 2.29. The molecule has 7 nitrogen and oxygen atoms in total. The first-order chi connectivity index (χ1) is 9.75. The third-order valence-corrected chi connectivity index (χ3v) is 4.44. The molecule has 0 atom stereocenters. The maximum atomic E-state index is 12.3. The standard InChI is InChI=1S/C11H10F2N4O3S/c1-17(2)21(18,19)8-4-6(20-11(12)13)3-7-10(8)16-9(5-14)15-7/h3-4,11H,1-2H3,(H,15,16). The number of ether oxygens (including phenoxy) is 1. The minimum absolute atomic E-state index is 0.0122. The number of aromatic nitrogens is 2. The first kappa shape index (κ1) is 15.1. The third kappa shape index (κ3) is 2.79. The van der Waals surface area contributed by atoms with Crippen molar-refractivity contribution in [3.05, 3.63) is 18.0 Å². The van der Waals surface area contributed by atoms with Crippen LogP contribution in [0.2, 0.25) is 0 Å². The second-order valence-electron chi connectivity index (χ2n) is 4.18. The SMILES string of the molecule is CN(C)S(=O)(=O)c1cc(OC(F)F)cc2[nH]c(C#N)nc12. The number of imidazole rings is 1. The van der Waals surface area contributed by atoms with E-state index in [2.05, 4.69) is 14.7 Å². The Labute approximate surface area is 118 Å². The van der Waals surface area contributed by atoms with Gasteiger partial charge in [-0.1, -0.05) is 0 Å².